The lowest BCUT2D eigenvalue weighted by Gasteiger charge is -2.39. The highest BCUT2D eigenvalue weighted by Crippen LogP contribution is 2.41. The van der Waals surface area contributed by atoms with Crippen molar-refractivity contribution >= 4 is 12.0 Å². The molecule has 0 aliphatic carbocycles. The molecule has 8 nitrogen and oxygen atoms in total. The van der Waals surface area contributed by atoms with E-state index in [4.69, 9.17) is 5.11 Å². The summed E-state index contributed by atoms with van der Waals surface area (Å²) in [6, 6.07) is 5.69. The number of carbonyl (C=O) groups is 2. The highest BCUT2D eigenvalue weighted by Gasteiger charge is 2.41. The van der Waals surface area contributed by atoms with Crippen LogP contribution in [-0.2, 0) is 6.54 Å². The van der Waals surface area contributed by atoms with Crippen LogP contribution in [0.15, 0.2) is 36.7 Å². The first kappa shape index (κ1) is 22.1. The minimum absolute atomic E-state index is 0.0389. The van der Waals surface area contributed by atoms with Crippen LogP contribution in [0.3, 0.4) is 0 Å². The molecule has 2 saturated heterocycles. The number of amides is 1. The molecule has 2 aromatic rings. The quantitative estimate of drug-likeness (QED) is 0.765. The van der Waals surface area contributed by atoms with Gasteiger partial charge in [0.1, 0.15) is 5.75 Å². The maximum absolute atomic E-state index is 12.6. The van der Waals surface area contributed by atoms with Crippen LogP contribution in [0.25, 0.3) is 0 Å². The van der Waals surface area contributed by atoms with Crippen molar-refractivity contribution in [3.63, 3.8) is 0 Å². The molecule has 2 fully saturated rings. The summed E-state index contributed by atoms with van der Waals surface area (Å²) in [5.41, 5.74) is 0.778. The smallest absolute Gasteiger partial charge is 0.478 e. The van der Waals surface area contributed by atoms with Gasteiger partial charge < -0.3 is 14.7 Å². The van der Waals surface area contributed by atoms with Gasteiger partial charge in [0.25, 0.3) is 0 Å². The number of aromatic nitrogens is 2. The van der Waals surface area contributed by atoms with Gasteiger partial charge in [-0.3, -0.25) is 4.90 Å². The topological polar surface area (TPSA) is 87.9 Å². The highest BCUT2D eigenvalue weighted by atomic mass is 19.4. The number of carboxylic acid groups (broad SMARTS) is 1. The summed E-state index contributed by atoms with van der Waals surface area (Å²) in [7, 11) is 0. The molecule has 1 amide bonds. The summed E-state index contributed by atoms with van der Waals surface area (Å²) in [5, 5.41) is 12.8. The van der Waals surface area contributed by atoms with Crippen molar-refractivity contribution in [3.05, 3.63) is 47.8 Å². The van der Waals surface area contributed by atoms with Gasteiger partial charge in [0.2, 0.25) is 0 Å². The summed E-state index contributed by atoms with van der Waals surface area (Å²) in [4.78, 5) is 27.5. The van der Waals surface area contributed by atoms with Crippen molar-refractivity contribution in [2.24, 2.45) is 5.41 Å². The standard InChI is InChI=1S/C21H23F3N4O4/c22-21(23,24)32-17-3-1-2-15(10-17)12-26-7-4-20(14-26)5-8-27(9-6-20)19(31)28-13-16(11-25-28)18(29)30/h1-3,10-11,13H,4-9,12,14H2,(H,29,30). The predicted octanol–water partition coefficient (Wildman–Crippen LogP) is 3.44. The lowest BCUT2D eigenvalue weighted by atomic mass is 9.78. The Morgan fingerprint density at radius 1 is 1.16 bits per heavy atom. The van der Waals surface area contributed by atoms with Gasteiger partial charge in [-0.05, 0) is 48.9 Å². The van der Waals surface area contributed by atoms with Gasteiger partial charge in [-0.1, -0.05) is 12.1 Å². The zero-order chi connectivity index (χ0) is 22.9. The van der Waals surface area contributed by atoms with E-state index in [0.29, 0.717) is 19.6 Å². The van der Waals surface area contributed by atoms with Crippen molar-refractivity contribution in [3.8, 4) is 5.75 Å². The van der Waals surface area contributed by atoms with Crippen LogP contribution in [0.1, 0.15) is 35.2 Å². The number of rotatable bonds is 4. The van der Waals surface area contributed by atoms with E-state index in [-0.39, 0.29) is 22.8 Å². The zero-order valence-corrected chi connectivity index (χ0v) is 17.2. The second-order valence-corrected chi connectivity index (χ2v) is 8.40. The number of hydrogen-bond donors (Lipinski definition) is 1. The maximum Gasteiger partial charge on any atom is 0.573 e. The number of carboxylic acids is 1. The van der Waals surface area contributed by atoms with Crippen LogP contribution in [0.5, 0.6) is 5.75 Å². The first-order valence-electron chi connectivity index (χ1n) is 10.3. The molecule has 1 aromatic heterocycles. The fourth-order valence-electron chi connectivity index (χ4n) is 4.53. The van der Waals surface area contributed by atoms with Crippen molar-refractivity contribution < 1.29 is 32.6 Å². The SMILES string of the molecule is O=C(O)c1cnn(C(=O)N2CCC3(CCN(Cc4cccc(OC(F)(F)F)c4)C3)CC2)c1. The van der Waals surface area contributed by atoms with Crippen LogP contribution in [-0.4, -0.2) is 69.2 Å². The van der Waals surface area contributed by atoms with E-state index in [0.717, 1.165) is 48.8 Å². The average molecular weight is 452 g/mol. The summed E-state index contributed by atoms with van der Waals surface area (Å²) in [6.45, 7) is 3.27. The lowest BCUT2D eigenvalue weighted by molar-refractivity contribution is -0.274. The third kappa shape index (κ3) is 5.04. The zero-order valence-electron chi connectivity index (χ0n) is 17.2. The van der Waals surface area contributed by atoms with Gasteiger partial charge in [0, 0.05) is 26.2 Å². The molecule has 1 spiro atoms. The van der Waals surface area contributed by atoms with Gasteiger partial charge in [0.15, 0.2) is 0 Å². The maximum atomic E-state index is 12.6. The van der Waals surface area contributed by atoms with E-state index in [1.165, 1.54) is 18.3 Å². The molecule has 4 rings (SSSR count). The summed E-state index contributed by atoms with van der Waals surface area (Å²) in [6.07, 6.45) is 0.211. The monoisotopic (exact) mass is 452 g/mol. The van der Waals surface area contributed by atoms with Crippen molar-refractivity contribution in [1.29, 1.82) is 0 Å². The van der Waals surface area contributed by atoms with Crippen LogP contribution < -0.4 is 4.74 Å². The Labute approximate surface area is 182 Å². The van der Waals surface area contributed by atoms with E-state index in [2.05, 4.69) is 14.7 Å². The molecule has 0 bridgehead atoms. The normalized spacial score (nSPS) is 18.8. The number of likely N-dealkylation sites (tertiary alicyclic amines) is 2. The molecule has 0 radical (unpaired) electrons. The summed E-state index contributed by atoms with van der Waals surface area (Å²) in [5.74, 6) is -1.36. The third-order valence-corrected chi connectivity index (χ3v) is 6.18. The number of ether oxygens (including phenoxy) is 1. The molecule has 2 aliphatic rings. The van der Waals surface area contributed by atoms with E-state index >= 15 is 0 Å². The molecule has 172 valence electrons. The number of aromatic carboxylic acids is 1. The van der Waals surface area contributed by atoms with Crippen molar-refractivity contribution in [2.75, 3.05) is 26.2 Å². The first-order chi connectivity index (χ1) is 15.1. The number of hydrogen-bond acceptors (Lipinski definition) is 5. The Balaban J connectivity index is 1.31. The highest BCUT2D eigenvalue weighted by molar-refractivity contribution is 5.88. The lowest BCUT2D eigenvalue weighted by Crippen LogP contribution is -2.45. The van der Waals surface area contributed by atoms with Gasteiger partial charge in [-0.2, -0.15) is 9.78 Å². The molecular formula is C21H23F3N4O4. The fraction of sp³-hybridized carbons (Fsp3) is 0.476. The van der Waals surface area contributed by atoms with E-state index in [1.807, 2.05) is 0 Å². The number of benzene rings is 1. The van der Waals surface area contributed by atoms with Gasteiger partial charge in [0.05, 0.1) is 18.0 Å². The van der Waals surface area contributed by atoms with Crippen LogP contribution >= 0.6 is 0 Å². The Bertz CT molecular complexity index is 999. The van der Waals surface area contributed by atoms with Crippen molar-refractivity contribution in [2.45, 2.75) is 32.2 Å². The number of carbonyl (C=O) groups excluding carboxylic acids is 1. The minimum atomic E-state index is -4.72. The van der Waals surface area contributed by atoms with Gasteiger partial charge in [-0.15, -0.1) is 13.2 Å². The molecule has 1 aromatic carbocycles. The molecule has 0 unspecified atom stereocenters. The Morgan fingerprint density at radius 2 is 1.88 bits per heavy atom. The minimum Gasteiger partial charge on any atom is -0.478 e. The fourth-order valence-corrected chi connectivity index (χ4v) is 4.53. The number of nitrogens with zero attached hydrogens (tertiary/aromatic N) is 4. The summed E-state index contributed by atoms with van der Waals surface area (Å²) < 4.78 is 42.4. The Hall–Kier alpha value is -3.08. The van der Waals surface area contributed by atoms with Crippen molar-refractivity contribution in [1.82, 2.24) is 19.6 Å². The van der Waals surface area contributed by atoms with E-state index in [1.54, 1.807) is 17.0 Å². The van der Waals surface area contributed by atoms with E-state index < -0.39 is 12.3 Å². The average Bonchev–Trinajstić information content (AvgIpc) is 3.35. The third-order valence-electron chi connectivity index (χ3n) is 6.18. The number of halogens is 3. The number of alkyl halides is 3. The predicted molar refractivity (Wildman–Crippen MR) is 106 cm³/mol. The van der Waals surface area contributed by atoms with Gasteiger partial charge in [-0.25, -0.2) is 9.59 Å². The van der Waals surface area contributed by atoms with Crippen LogP contribution in [0, 0.1) is 5.41 Å². The van der Waals surface area contributed by atoms with Crippen LogP contribution in [0.4, 0.5) is 18.0 Å². The molecular weight excluding hydrogens is 429 g/mol. The molecule has 2 aliphatic heterocycles. The molecule has 0 saturated carbocycles. The Morgan fingerprint density at radius 3 is 2.53 bits per heavy atom. The van der Waals surface area contributed by atoms with Crippen LogP contribution in [0.2, 0.25) is 0 Å². The second kappa shape index (κ2) is 8.45. The molecule has 11 heteroatoms. The van der Waals surface area contributed by atoms with E-state index in [9.17, 15) is 22.8 Å². The molecule has 32 heavy (non-hydrogen) atoms. The van der Waals surface area contributed by atoms with Gasteiger partial charge >= 0.3 is 18.4 Å². The first-order valence-corrected chi connectivity index (χ1v) is 10.3. The second-order valence-electron chi connectivity index (χ2n) is 8.40. The number of piperidine rings is 1. The Kier molecular flexibility index (Phi) is 5.85. The molecule has 1 N–H and O–H groups in total. The summed E-state index contributed by atoms with van der Waals surface area (Å²) >= 11 is 0. The molecule has 3 heterocycles. The largest absolute Gasteiger partial charge is 0.573 e. The molecule has 0 atom stereocenters.